The van der Waals surface area contributed by atoms with Gasteiger partial charge in [-0.3, -0.25) is 0 Å². The van der Waals surface area contributed by atoms with E-state index in [0.717, 1.165) is 18.4 Å². The predicted molar refractivity (Wildman–Crippen MR) is 105 cm³/mol. The summed E-state index contributed by atoms with van der Waals surface area (Å²) in [4.78, 5) is 32.6. The fourth-order valence-electron chi connectivity index (χ4n) is 2.55. The van der Waals surface area contributed by atoms with Crippen LogP contribution in [0.3, 0.4) is 0 Å². The van der Waals surface area contributed by atoms with Crippen molar-refractivity contribution in [2.75, 3.05) is 0 Å². The molecule has 0 heterocycles. The van der Waals surface area contributed by atoms with Crippen molar-refractivity contribution in [2.45, 2.75) is 65.2 Å². The number of carboxylic acids is 1. The van der Waals surface area contributed by atoms with Gasteiger partial charge in [-0.2, -0.15) is 0 Å². The zero-order valence-electron chi connectivity index (χ0n) is 16.0. The molecular formula is C19H31O7P. The number of phosphoric acid groups is 1. The molecule has 0 saturated carbocycles. The van der Waals surface area contributed by atoms with Gasteiger partial charge < -0.3 is 24.9 Å². The Morgan fingerprint density at radius 3 is 1.93 bits per heavy atom. The first-order chi connectivity index (χ1) is 12.6. The Labute approximate surface area is 160 Å². The molecule has 0 atom stereocenters. The highest BCUT2D eigenvalue weighted by Gasteiger charge is 2.13. The molecule has 27 heavy (non-hydrogen) atoms. The largest absolute Gasteiger partial charge is 0.507 e. The van der Waals surface area contributed by atoms with Crippen LogP contribution in [0.1, 0.15) is 69.9 Å². The van der Waals surface area contributed by atoms with Gasteiger partial charge in [0.1, 0.15) is 5.76 Å². The number of unbranched alkanes of at least 4 members (excludes halogenated alkanes) is 6. The van der Waals surface area contributed by atoms with Crippen molar-refractivity contribution in [3.05, 3.63) is 41.0 Å². The molecule has 8 heteroatoms. The number of carboxylic acid groups (broad SMARTS) is 1. The van der Waals surface area contributed by atoms with Crippen LogP contribution in [-0.4, -0.2) is 30.9 Å². The monoisotopic (exact) mass is 402 g/mol. The first kappa shape index (κ1) is 25.3. The fraction of sp³-hybridized carbons (Fsp3) is 0.526. The summed E-state index contributed by atoms with van der Waals surface area (Å²) in [7, 11) is -4.64. The Bertz CT molecular complexity index is 641. The van der Waals surface area contributed by atoms with Crippen LogP contribution in [-0.2, 0) is 15.8 Å². The summed E-state index contributed by atoms with van der Waals surface area (Å²) < 4.78 is 8.88. The van der Waals surface area contributed by atoms with Crippen LogP contribution in [0, 0.1) is 0 Å². The topological polar surface area (TPSA) is 135 Å². The van der Waals surface area contributed by atoms with Crippen LogP contribution >= 0.6 is 7.82 Å². The first-order valence-corrected chi connectivity index (χ1v) is 10.6. The Morgan fingerprint density at radius 1 is 0.926 bits per heavy atom. The van der Waals surface area contributed by atoms with Crippen molar-refractivity contribution in [3.63, 3.8) is 0 Å². The van der Waals surface area contributed by atoms with Crippen molar-refractivity contribution >= 4 is 19.6 Å². The molecule has 1 rings (SSSR count). The van der Waals surface area contributed by atoms with E-state index < -0.39 is 13.8 Å². The second-order valence-electron chi connectivity index (χ2n) is 6.32. The molecule has 154 valence electrons. The number of aryl methyl sites for hydroxylation is 1. The normalized spacial score (nSPS) is 12.0. The molecule has 0 spiro atoms. The van der Waals surface area contributed by atoms with Gasteiger partial charge in [0.25, 0.3) is 0 Å². The number of aliphatic hydroxyl groups excluding tert-OH is 1. The third-order valence-electron chi connectivity index (χ3n) is 4.00. The minimum absolute atomic E-state index is 0.00739. The summed E-state index contributed by atoms with van der Waals surface area (Å²) in [5, 5.41) is 19.1. The van der Waals surface area contributed by atoms with E-state index in [9.17, 15) is 9.90 Å². The van der Waals surface area contributed by atoms with Gasteiger partial charge >= 0.3 is 13.8 Å². The summed E-state index contributed by atoms with van der Waals surface area (Å²) in [5.41, 5.74) is 1.66. The zero-order chi connectivity index (χ0) is 20.9. The quantitative estimate of drug-likeness (QED) is 0.169. The van der Waals surface area contributed by atoms with Gasteiger partial charge in [0.2, 0.25) is 0 Å². The van der Waals surface area contributed by atoms with Gasteiger partial charge in [-0.1, -0.05) is 69.7 Å². The molecule has 1 aromatic carbocycles. The molecular weight excluding hydrogens is 371 g/mol. The van der Waals surface area contributed by atoms with E-state index in [1.807, 2.05) is 18.2 Å². The summed E-state index contributed by atoms with van der Waals surface area (Å²) in [6.07, 6.45) is 9.56. The van der Waals surface area contributed by atoms with Crippen molar-refractivity contribution in [1.29, 1.82) is 0 Å². The van der Waals surface area contributed by atoms with E-state index in [2.05, 4.69) is 6.92 Å². The highest BCUT2D eigenvalue weighted by Crippen LogP contribution is 2.26. The van der Waals surface area contributed by atoms with Gasteiger partial charge in [-0.15, -0.1) is 0 Å². The minimum atomic E-state index is -4.64. The maximum absolute atomic E-state index is 11.0. The third kappa shape index (κ3) is 13.2. The molecule has 0 amide bonds. The first-order valence-electron chi connectivity index (χ1n) is 9.07. The number of aliphatic carboxylic acids is 1. The Hall–Kier alpha value is -1.66. The number of hydrogen-bond donors (Lipinski definition) is 5. The van der Waals surface area contributed by atoms with Gasteiger partial charge in [0.15, 0.2) is 0 Å². The second-order valence-corrected chi connectivity index (χ2v) is 7.35. The van der Waals surface area contributed by atoms with E-state index in [1.54, 1.807) is 6.07 Å². The number of rotatable bonds is 10. The van der Waals surface area contributed by atoms with Crippen LogP contribution in [0.25, 0.3) is 5.76 Å². The Balaban J connectivity index is 0.00000119. The van der Waals surface area contributed by atoms with Gasteiger partial charge in [0.05, 0.1) is 5.57 Å². The summed E-state index contributed by atoms with van der Waals surface area (Å²) in [5.74, 6) is -1.20. The standard InChI is InChI=1S/C19H28O3.H3O4P/c1-3-4-5-6-7-8-9-12-16-13-10-11-14-17(16)18(20)15(2)19(21)22;1-5(2,3)4/h10-11,13-14,20H,3-9,12H2,1-2H3,(H,21,22);(H3,1,2,3,4). The van der Waals surface area contributed by atoms with Gasteiger partial charge in [-0.25, -0.2) is 9.36 Å². The fourth-order valence-corrected chi connectivity index (χ4v) is 2.55. The highest BCUT2D eigenvalue weighted by molar-refractivity contribution is 7.45. The third-order valence-corrected chi connectivity index (χ3v) is 4.00. The number of hydrogen-bond acceptors (Lipinski definition) is 3. The van der Waals surface area contributed by atoms with Gasteiger partial charge in [-0.05, 0) is 25.3 Å². The van der Waals surface area contributed by atoms with Gasteiger partial charge in [0, 0.05) is 5.56 Å². The van der Waals surface area contributed by atoms with Crippen molar-refractivity contribution in [3.8, 4) is 0 Å². The molecule has 0 bridgehead atoms. The smallest absolute Gasteiger partial charge is 0.466 e. The summed E-state index contributed by atoms with van der Waals surface area (Å²) in [6, 6.07) is 7.52. The van der Waals surface area contributed by atoms with E-state index in [0.29, 0.717) is 5.56 Å². The molecule has 0 radical (unpaired) electrons. The molecule has 0 fully saturated rings. The molecule has 0 saturated heterocycles. The molecule has 7 nitrogen and oxygen atoms in total. The van der Waals surface area contributed by atoms with Crippen molar-refractivity contribution in [2.24, 2.45) is 0 Å². The molecule has 0 unspecified atom stereocenters. The van der Waals surface area contributed by atoms with Crippen molar-refractivity contribution in [1.82, 2.24) is 0 Å². The zero-order valence-corrected chi connectivity index (χ0v) is 16.9. The molecule has 5 N–H and O–H groups in total. The van der Waals surface area contributed by atoms with Crippen LogP contribution in [0.4, 0.5) is 0 Å². The second kappa shape index (κ2) is 13.5. The maximum atomic E-state index is 11.0. The predicted octanol–water partition coefficient (Wildman–Crippen LogP) is 4.42. The van der Waals surface area contributed by atoms with E-state index in [1.165, 1.54) is 45.4 Å². The minimum Gasteiger partial charge on any atom is -0.507 e. The molecule has 0 aliphatic carbocycles. The summed E-state index contributed by atoms with van der Waals surface area (Å²) >= 11 is 0. The number of aliphatic hydroxyl groups is 1. The SMILES string of the molecule is CCCCCCCCCc1ccccc1C(O)=C(C)C(=O)O.O=P(O)(O)O. The van der Waals surface area contributed by atoms with Crippen LogP contribution < -0.4 is 0 Å². The maximum Gasteiger partial charge on any atom is 0.466 e. The average Bonchev–Trinajstić information content (AvgIpc) is 2.58. The lowest BCUT2D eigenvalue weighted by Gasteiger charge is -2.10. The number of carbonyl (C=O) groups is 1. The molecule has 0 aliphatic rings. The van der Waals surface area contributed by atoms with Crippen molar-refractivity contribution < 1.29 is 34.3 Å². The van der Waals surface area contributed by atoms with E-state index in [-0.39, 0.29) is 11.3 Å². The van der Waals surface area contributed by atoms with E-state index >= 15 is 0 Å². The average molecular weight is 402 g/mol. The Morgan fingerprint density at radius 2 is 1.41 bits per heavy atom. The highest BCUT2D eigenvalue weighted by atomic mass is 31.2. The summed E-state index contributed by atoms with van der Waals surface area (Å²) in [6.45, 7) is 3.65. The lowest BCUT2D eigenvalue weighted by atomic mass is 9.97. The lowest BCUT2D eigenvalue weighted by Crippen LogP contribution is -2.02. The molecule has 0 aliphatic heterocycles. The van der Waals surface area contributed by atoms with Crippen LogP contribution in [0.15, 0.2) is 29.8 Å². The van der Waals surface area contributed by atoms with E-state index in [4.69, 9.17) is 24.4 Å². The van der Waals surface area contributed by atoms with Crippen LogP contribution in [0.5, 0.6) is 0 Å². The molecule has 1 aromatic rings. The molecule has 0 aromatic heterocycles. The Kier molecular flexibility index (Phi) is 12.7. The van der Waals surface area contributed by atoms with Crippen LogP contribution in [0.2, 0.25) is 0 Å². The lowest BCUT2D eigenvalue weighted by molar-refractivity contribution is -0.132. The number of benzene rings is 1.